The predicted molar refractivity (Wildman–Crippen MR) is 72.9 cm³/mol. The third-order valence-corrected chi connectivity index (χ3v) is 4.71. The Bertz CT molecular complexity index is 256. The van der Waals surface area contributed by atoms with E-state index in [0.717, 1.165) is 18.6 Å². The van der Waals surface area contributed by atoms with Crippen molar-refractivity contribution in [3.8, 4) is 0 Å². The van der Waals surface area contributed by atoms with E-state index in [1.807, 2.05) is 22.6 Å². The van der Waals surface area contributed by atoms with E-state index in [2.05, 4.69) is 10.1 Å². The molecule has 1 saturated heterocycles. The third-order valence-electron chi connectivity index (χ3n) is 2.38. The number of thioether (sulfide) groups is 1. The highest BCUT2D eigenvalue weighted by Gasteiger charge is 2.23. The molecule has 0 bridgehead atoms. The number of alkyl halides is 1. The molecule has 6 heteroatoms. The molecule has 0 saturated carbocycles. The fourth-order valence-electron chi connectivity index (χ4n) is 1.46. The molecule has 1 rings (SSSR count). The fraction of sp³-hybridized carbons (Fsp3) is 0.800. The van der Waals surface area contributed by atoms with E-state index in [1.165, 1.54) is 13.5 Å². The normalized spacial score (nSPS) is 22.2. The second-order valence-electron chi connectivity index (χ2n) is 3.59. The van der Waals surface area contributed by atoms with Crippen molar-refractivity contribution in [2.75, 3.05) is 19.4 Å². The van der Waals surface area contributed by atoms with Crippen LogP contribution in [-0.2, 0) is 14.3 Å². The van der Waals surface area contributed by atoms with Crippen LogP contribution in [-0.4, -0.2) is 40.5 Å². The van der Waals surface area contributed by atoms with Crippen molar-refractivity contribution in [2.24, 2.45) is 0 Å². The minimum absolute atomic E-state index is 0.0512. The molecule has 4 nitrogen and oxygen atoms in total. The lowest BCUT2D eigenvalue weighted by Gasteiger charge is -2.20. The van der Waals surface area contributed by atoms with E-state index in [9.17, 15) is 9.59 Å². The quantitative estimate of drug-likeness (QED) is 0.469. The van der Waals surface area contributed by atoms with Crippen LogP contribution in [0.2, 0.25) is 0 Å². The molecule has 2 unspecified atom stereocenters. The summed E-state index contributed by atoms with van der Waals surface area (Å²) in [6, 6.07) is 0. The molecular formula is C10H16INO3S. The van der Waals surface area contributed by atoms with Crippen LogP contribution in [0.5, 0.6) is 0 Å². The maximum absolute atomic E-state index is 11.7. The van der Waals surface area contributed by atoms with Crippen LogP contribution in [0.1, 0.15) is 19.3 Å². The molecule has 1 aliphatic rings. The van der Waals surface area contributed by atoms with Gasteiger partial charge in [-0.3, -0.25) is 9.59 Å². The number of amides is 1. The second kappa shape index (κ2) is 7.37. The Hall–Kier alpha value is 0.0200. The molecular weight excluding hydrogens is 341 g/mol. The van der Waals surface area contributed by atoms with Crippen molar-refractivity contribution in [3.05, 3.63) is 0 Å². The monoisotopic (exact) mass is 357 g/mol. The highest BCUT2D eigenvalue weighted by atomic mass is 127. The molecule has 1 fully saturated rings. The lowest BCUT2D eigenvalue weighted by molar-refractivity contribution is -0.139. The molecule has 1 N–H and O–H groups in total. The van der Waals surface area contributed by atoms with Crippen LogP contribution in [0.4, 0.5) is 0 Å². The molecule has 1 amide bonds. The van der Waals surface area contributed by atoms with E-state index in [-0.39, 0.29) is 21.1 Å². The molecule has 2 atom stereocenters. The van der Waals surface area contributed by atoms with Crippen molar-refractivity contribution >= 4 is 46.2 Å². The van der Waals surface area contributed by atoms with Gasteiger partial charge in [0.15, 0.2) is 0 Å². The number of nitrogens with one attached hydrogen (secondary N) is 1. The van der Waals surface area contributed by atoms with Crippen LogP contribution in [0, 0.1) is 0 Å². The molecule has 16 heavy (non-hydrogen) atoms. The number of carbonyl (C=O) groups is 2. The first-order chi connectivity index (χ1) is 7.65. The van der Waals surface area contributed by atoms with Gasteiger partial charge >= 0.3 is 5.97 Å². The van der Waals surface area contributed by atoms with Gasteiger partial charge in [-0.05, 0) is 18.6 Å². The molecule has 0 aromatic carbocycles. The maximum Gasteiger partial charge on any atom is 0.320 e. The highest BCUT2D eigenvalue weighted by Crippen LogP contribution is 2.24. The van der Waals surface area contributed by atoms with Gasteiger partial charge in [0.2, 0.25) is 5.91 Å². The van der Waals surface area contributed by atoms with Crippen LogP contribution in [0.3, 0.4) is 0 Å². The van der Waals surface area contributed by atoms with Crippen molar-refractivity contribution in [1.29, 1.82) is 0 Å². The summed E-state index contributed by atoms with van der Waals surface area (Å²) in [7, 11) is 1.35. The standard InChI is InChI=1S/C10H16INO3S/c1-15-10(14)7(11)6-12-9(13)8-4-2-3-5-16-8/h7-8H,2-6H2,1H3,(H,12,13). The SMILES string of the molecule is COC(=O)C(I)CNC(=O)C1CCCCS1. The molecule has 0 aliphatic carbocycles. The minimum Gasteiger partial charge on any atom is -0.468 e. The molecule has 1 aliphatic heterocycles. The van der Waals surface area contributed by atoms with Crippen molar-refractivity contribution < 1.29 is 14.3 Å². The summed E-state index contributed by atoms with van der Waals surface area (Å²) in [6.45, 7) is 0.350. The lowest BCUT2D eigenvalue weighted by Crippen LogP contribution is -2.39. The molecule has 92 valence electrons. The largest absolute Gasteiger partial charge is 0.468 e. The average molecular weight is 357 g/mol. The number of hydrogen-bond donors (Lipinski definition) is 1. The number of methoxy groups -OCH3 is 1. The average Bonchev–Trinajstić information content (AvgIpc) is 2.35. The predicted octanol–water partition coefficient (Wildman–Crippen LogP) is 1.36. The van der Waals surface area contributed by atoms with Gasteiger partial charge in [0.25, 0.3) is 0 Å². The van der Waals surface area contributed by atoms with E-state index in [4.69, 9.17) is 0 Å². The van der Waals surface area contributed by atoms with Gasteiger partial charge in [0.05, 0.1) is 12.4 Å². The van der Waals surface area contributed by atoms with Crippen LogP contribution in [0.15, 0.2) is 0 Å². The number of halogens is 1. The van der Waals surface area contributed by atoms with Crippen molar-refractivity contribution in [3.63, 3.8) is 0 Å². The molecule has 1 heterocycles. The Balaban J connectivity index is 2.26. The first-order valence-corrected chi connectivity index (χ1v) is 7.56. The van der Waals surface area contributed by atoms with Gasteiger partial charge in [-0.2, -0.15) is 0 Å². The summed E-state index contributed by atoms with van der Waals surface area (Å²) in [4.78, 5) is 22.8. The Morgan fingerprint density at radius 2 is 2.31 bits per heavy atom. The van der Waals surface area contributed by atoms with Gasteiger partial charge in [0, 0.05) is 6.54 Å². The van der Waals surface area contributed by atoms with Gasteiger partial charge < -0.3 is 10.1 Å². The number of carbonyl (C=O) groups excluding carboxylic acids is 2. The first kappa shape index (κ1) is 14.1. The Kier molecular flexibility index (Phi) is 6.48. The summed E-state index contributed by atoms with van der Waals surface area (Å²) in [5.41, 5.74) is 0. The lowest BCUT2D eigenvalue weighted by atomic mass is 10.2. The van der Waals surface area contributed by atoms with Gasteiger partial charge in [0.1, 0.15) is 3.92 Å². The topological polar surface area (TPSA) is 55.4 Å². The maximum atomic E-state index is 11.7. The van der Waals surface area contributed by atoms with E-state index in [1.54, 1.807) is 11.8 Å². The number of esters is 1. The Morgan fingerprint density at radius 3 is 2.88 bits per heavy atom. The zero-order chi connectivity index (χ0) is 12.0. The molecule has 0 radical (unpaired) electrons. The summed E-state index contributed by atoms with van der Waals surface area (Å²) in [5, 5.41) is 2.86. The zero-order valence-electron chi connectivity index (χ0n) is 9.20. The number of rotatable bonds is 4. The van der Waals surface area contributed by atoms with Crippen LogP contribution < -0.4 is 5.32 Å². The van der Waals surface area contributed by atoms with E-state index < -0.39 is 0 Å². The van der Waals surface area contributed by atoms with Crippen LogP contribution in [0.25, 0.3) is 0 Å². The zero-order valence-corrected chi connectivity index (χ0v) is 12.2. The van der Waals surface area contributed by atoms with Crippen molar-refractivity contribution in [2.45, 2.75) is 28.4 Å². The fourth-order valence-corrected chi connectivity index (χ4v) is 3.16. The summed E-state index contributed by atoms with van der Waals surface area (Å²) in [6.07, 6.45) is 3.27. The third kappa shape index (κ3) is 4.48. The summed E-state index contributed by atoms with van der Waals surface area (Å²) >= 11 is 3.68. The first-order valence-electron chi connectivity index (χ1n) is 5.26. The van der Waals surface area contributed by atoms with Gasteiger partial charge in [-0.1, -0.05) is 29.0 Å². The summed E-state index contributed by atoms with van der Waals surface area (Å²) in [5.74, 6) is 0.815. The van der Waals surface area contributed by atoms with Crippen LogP contribution >= 0.6 is 34.4 Å². The number of hydrogen-bond acceptors (Lipinski definition) is 4. The van der Waals surface area contributed by atoms with Gasteiger partial charge in [-0.15, -0.1) is 11.8 Å². The van der Waals surface area contributed by atoms with Gasteiger partial charge in [-0.25, -0.2) is 0 Å². The minimum atomic E-state index is -0.305. The Labute approximate surface area is 113 Å². The summed E-state index contributed by atoms with van der Waals surface area (Å²) < 4.78 is 4.28. The number of ether oxygens (including phenoxy) is 1. The second-order valence-corrected chi connectivity index (χ2v) is 6.41. The molecule has 0 aromatic heterocycles. The molecule has 0 spiro atoms. The molecule has 0 aromatic rings. The van der Waals surface area contributed by atoms with Crippen molar-refractivity contribution in [1.82, 2.24) is 5.32 Å². The highest BCUT2D eigenvalue weighted by molar-refractivity contribution is 14.1. The Morgan fingerprint density at radius 1 is 1.56 bits per heavy atom. The van der Waals surface area contributed by atoms with E-state index in [0.29, 0.717) is 6.54 Å². The van der Waals surface area contributed by atoms with E-state index >= 15 is 0 Å². The smallest absolute Gasteiger partial charge is 0.320 e.